The van der Waals surface area contributed by atoms with Crippen LogP contribution in [0.5, 0.6) is 11.5 Å². The summed E-state index contributed by atoms with van der Waals surface area (Å²) in [7, 11) is 1.53. The van der Waals surface area contributed by atoms with Gasteiger partial charge in [-0.15, -0.1) is 11.8 Å². The third-order valence-corrected chi connectivity index (χ3v) is 5.22. The minimum atomic E-state index is -0.575. The molecule has 0 aromatic heterocycles. The van der Waals surface area contributed by atoms with E-state index in [1.165, 1.54) is 23.8 Å². The van der Waals surface area contributed by atoms with Crippen molar-refractivity contribution in [2.75, 3.05) is 30.7 Å². The van der Waals surface area contributed by atoms with Crippen LogP contribution in [0.25, 0.3) is 0 Å². The van der Waals surface area contributed by atoms with E-state index in [-0.39, 0.29) is 18.4 Å². The van der Waals surface area contributed by atoms with Gasteiger partial charge in [0, 0.05) is 11.4 Å². The van der Waals surface area contributed by atoms with Gasteiger partial charge in [0.1, 0.15) is 6.04 Å². The van der Waals surface area contributed by atoms with Crippen LogP contribution in [0.4, 0.5) is 5.69 Å². The molecule has 1 saturated heterocycles. The molecule has 1 atom stereocenters. The Morgan fingerprint density at radius 2 is 1.93 bits per heavy atom. The van der Waals surface area contributed by atoms with E-state index in [2.05, 4.69) is 5.32 Å². The molecule has 1 heterocycles. The second kappa shape index (κ2) is 9.15. The number of nitrogens with zero attached hydrogens (tertiary/aromatic N) is 2. The highest BCUT2D eigenvalue weighted by atomic mass is 32.2. The first kappa shape index (κ1) is 19.6. The summed E-state index contributed by atoms with van der Waals surface area (Å²) < 4.78 is 10.8. The van der Waals surface area contributed by atoms with Gasteiger partial charge in [0.15, 0.2) is 18.1 Å². The van der Waals surface area contributed by atoms with Crippen molar-refractivity contribution in [2.24, 2.45) is 0 Å². The Morgan fingerprint density at radius 3 is 2.61 bits per heavy atom. The molecule has 0 unspecified atom stereocenters. The molecule has 0 radical (unpaired) electrons. The minimum absolute atomic E-state index is 0.179. The maximum absolute atomic E-state index is 12.6. The average Bonchev–Trinajstić information content (AvgIpc) is 3.23. The number of ether oxygens (including phenoxy) is 2. The number of amides is 2. The molecule has 0 spiro atoms. The largest absolute Gasteiger partial charge is 0.493 e. The second-order valence-corrected chi connectivity index (χ2v) is 7.00. The lowest BCUT2D eigenvalue weighted by Crippen LogP contribution is -2.46. The molecular formula is C20H19N3O4S. The van der Waals surface area contributed by atoms with E-state index in [9.17, 15) is 9.59 Å². The van der Waals surface area contributed by atoms with Gasteiger partial charge in [-0.3, -0.25) is 9.59 Å². The Morgan fingerprint density at radius 1 is 1.21 bits per heavy atom. The number of hydrogen-bond donors (Lipinski definition) is 1. The van der Waals surface area contributed by atoms with E-state index in [1.807, 2.05) is 12.1 Å². The molecule has 1 aliphatic rings. The number of methoxy groups -OCH3 is 1. The zero-order valence-electron chi connectivity index (χ0n) is 15.3. The maximum atomic E-state index is 12.6. The summed E-state index contributed by atoms with van der Waals surface area (Å²) >= 11 is 1.51. The minimum Gasteiger partial charge on any atom is -0.493 e. The van der Waals surface area contributed by atoms with Crippen LogP contribution in [0, 0.1) is 11.3 Å². The molecule has 0 aliphatic carbocycles. The summed E-state index contributed by atoms with van der Waals surface area (Å²) in [5.74, 6) is 1.43. The van der Waals surface area contributed by atoms with Crippen molar-refractivity contribution in [3.05, 3.63) is 54.1 Å². The molecule has 1 aliphatic heterocycles. The van der Waals surface area contributed by atoms with Crippen molar-refractivity contribution >= 4 is 29.3 Å². The van der Waals surface area contributed by atoms with Crippen LogP contribution in [-0.4, -0.2) is 48.1 Å². The lowest BCUT2D eigenvalue weighted by Gasteiger charge is -2.23. The fraction of sp³-hybridized carbons (Fsp3) is 0.250. The first-order chi connectivity index (χ1) is 13.6. The molecule has 0 saturated carbocycles. The van der Waals surface area contributed by atoms with Crippen molar-refractivity contribution in [2.45, 2.75) is 6.04 Å². The van der Waals surface area contributed by atoms with Crippen LogP contribution in [0.2, 0.25) is 0 Å². The van der Waals surface area contributed by atoms with Gasteiger partial charge >= 0.3 is 0 Å². The second-order valence-electron chi connectivity index (χ2n) is 6.00. The Balaban J connectivity index is 1.60. The predicted octanol–water partition coefficient (Wildman–Crippen LogP) is 2.49. The third kappa shape index (κ3) is 4.56. The lowest BCUT2D eigenvalue weighted by atomic mass is 10.2. The van der Waals surface area contributed by atoms with E-state index in [0.29, 0.717) is 34.4 Å². The first-order valence-electron chi connectivity index (χ1n) is 8.56. The van der Waals surface area contributed by atoms with Crippen molar-refractivity contribution < 1.29 is 19.1 Å². The highest BCUT2D eigenvalue weighted by Gasteiger charge is 2.34. The number of para-hydroxylation sites is 2. The van der Waals surface area contributed by atoms with Crippen molar-refractivity contribution in [3.63, 3.8) is 0 Å². The van der Waals surface area contributed by atoms with Gasteiger partial charge in [0.2, 0.25) is 5.91 Å². The van der Waals surface area contributed by atoms with Crippen LogP contribution in [-0.2, 0) is 9.59 Å². The highest BCUT2D eigenvalue weighted by Crippen LogP contribution is 2.27. The number of nitriles is 1. The van der Waals surface area contributed by atoms with Gasteiger partial charge in [0.25, 0.3) is 5.91 Å². The van der Waals surface area contributed by atoms with E-state index in [4.69, 9.17) is 14.7 Å². The molecule has 1 fully saturated rings. The summed E-state index contributed by atoms with van der Waals surface area (Å²) in [6.07, 6.45) is 0. The number of rotatable bonds is 6. The molecule has 1 N–H and O–H groups in total. The van der Waals surface area contributed by atoms with Crippen LogP contribution < -0.4 is 14.8 Å². The quantitative estimate of drug-likeness (QED) is 0.805. The van der Waals surface area contributed by atoms with Gasteiger partial charge in [-0.1, -0.05) is 12.1 Å². The third-order valence-electron chi connectivity index (χ3n) is 4.21. The molecule has 2 aromatic rings. The fourth-order valence-electron chi connectivity index (χ4n) is 2.72. The molecule has 2 amide bonds. The predicted molar refractivity (Wildman–Crippen MR) is 106 cm³/mol. The van der Waals surface area contributed by atoms with E-state index in [0.717, 1.165) is 0 Å². The molecule has 144 valence electrons. The summed E-state index contributed by atoms with van der Waals surface area (Å²) in [5.41, 5.74) is 1.10. The van der Waals surface area contributed by atoms with Crippen LogP contribution in [0.15, 0.2) is 48.5 Å². The Hall–Kier alpha value is -3.18. The molecule has 3 rings (SSSR count). The number of hydrogen-bond acceptors (Lipinski definition) is 6. The summed E-state index contributed by atoms with van der Waals surface area (Å²) in [6, 6.07) is 15.1. The zero-order chi connectivity index (χ0) is 19.9. The van der Waals surface area contributed by atoms with Gasteiger partial charge < -0.3 is 19.7 Å². The number of nitrogens with one attached hydrogen (secondary N) is 1. The monoisotopic (exact) mass is 397 g/mol. The number of benzene rings is 2. The molecule has 28 heavy (non-hydrogen) atoms. The van der Waals surface area contributed by atoms with Crippen molar-refractivity contribution in [1.29, 1.82) is 5.26 Å². The number of thioether (sulfide) groups is 1. The topological polar surface area (TPSA) is 91.7 Å². The van der Waals surface area contributed by atoms with Crippen molar-refractivity contribution in [3.8, 4) is 17.6 Å². The SMILES string of the molecule is COc1ccccc1OCC(=O)N1CSC[C@H]1C(=O)Nc1ccc(C#N)cc1. The Bertz CT molecular complexity index is 895. The van der Waals surface area contributed by atoms with Crippen LogP contribution in [0.3, 0.4) is 0 Å². The lowest BCUT2D eigenvalue weighted by molar-refractivity contribution is -0.137. The van der Waals surface area contributed by atoms with Gasteiger partial charge in [0.05, 0.1) is 24.6 Å². The molecule has 7 nitrogen and oxygen atoms in total. The molecule has 0 bridgehead atoms. The molecular weight excluding hydrogens is 378 g/mol. The summed E-state index contributed by atoms with van der Waals surface area (Å²) in [6.45, 7) is -0.179. The standard InChI is InChI=1S/C20H19N3O4S/c1-26-17-4-2-3-5-18(17)27-11-19(24)23-13-28-12-16(23)20(25)22-15-8-6-14(10-21)7-9-15/h2-9,16H,11-13H2,1H3,(H,22,25)/t16-/m0/s1. The molecule has 2 aromatic carbocycles. The van der Waals surface area contributed by atoms with Crippen LogP contribution >= 0.6 is 11.8 Å². The van der Waals surface area contributed by atoms with Gasteiger partial charge in [-0.25, -0.2) is 0 Å². The van der Waals surface area contributed by atoms with E-state index in [1.54, 1.807) is 42.5 Å². The Kier molecular flexibility index (Phi) is 6.40. The first-order valence-corrected chi connectivity index (χ1v) is 9.72. The van der Waals surface area contributed by atoms with E-state index >= 15 is 0 Å². The van der Waals surface area contributed by atoms with E-state index < -0.39 is 6.04 Å². The Labute approximate surface area is 167 Å². The van der Waals surface area contributed by atoms with Crippen molar-refractivity contribution in [1.82, 2.24) is 4.90 Å². The highest BCUT2D eigenvalue weighted by molar-refractivity contribution is 7.99. The smallest absolute Gasteiger partial charge is 0.261 e. The molecule has 8 heteroatoms. The normalized spacial score (nSPS) is 15.6. The fourth-order valence-corrected chi connectivity index (χ4v) is 3.90. The number of carbonyl (C=O) groups is 2. The van der Waals surface area contributed by atoms with Crippen LogP contribution in [0.1, 0.15) is 5.56 Å². The number of carbonyl (C=O) groups excluding carboxylic acids is 2. The van der Waals surface area contributed by atoms with Gasteiger partial charge in [-0.05, 0) is 36.4 Å². The number of anilines is 1. The average molecular weight is 397 g/mol. The van der Waals surface area contributed by atoms with Gasteiger partial charge in [-0.2, -0.15) is 5.26 Å². The zero-order valence-corrected chi connectivity index (χ0v) is 16.1. The summed E-state index contributed by atoms with van der Waals surface area (Å²) in [5, 5.41) is 11.6. The summed E-state index contributed by atoms with van der Waals surface area (Å²) in [4.78, 5) is 26.7. The maximum Gasteiger partial charge on any atom is 0.261 e.